The lowest BCUT2D eigenvalue weighted by Crippen LogP contribution is -2.42. The van der Waals surface area contributed by atoms with Crippen LogP contribution in [0.1, 0.15) is 41.7 Å². The second-order valence-corrected chi connectivity index (χ2v) is 7.53. The molecule has 1 aromatic heterocycles. The standard InChI is InChI=1S/C21H22ClN3O4/c1-12-5-4-8-18(23-12)25-20(27)16-11-13(9-10-17(16)22)24-19(26)14-6-2-3-7-15(14)21(28)29/h4-5,8-11,14-15H,2-3,6-7H2,1H3,(H,24,26)(H,28,29)(H,23,25,27)/p-1/t14-,15-/m0/s1. The number of hydrogen-bond donors (Lipinski definition) is 2. The molecule has 0 bridgehead atoms. The van der Waals surface area contributed by atoms with Gasteiger partial charge in [0.1, 0.15) is 5.82 Å². The maximum absolute atomic E-state index is 12.6. The van der Waals surface area contributed by atoms with Crippen LogP contribution in [0.3, 0.4) is 0 Å². The monoisotopic (exact) mass is 414 g/mol. The van der Waals surface area contributed by atoms with E-state index >= 15 is 0 Å². The molecule has 2 aromatic rings. The largest absolute Gasteiger partial charge is 0.550 e. The van der Waals surface area contributed by atoms with Gasteiger partial charge in [0.25, 0.3) is 5.91 Å². The maximum Gasteiger partial charge on any atom is 0.258 e. The summed E-state index contributed by atoms with van der Waals surface area (Å²) in [6, 6.07) is 9.78. The summed E-state index contributed by atoms with van der Waals surface area (Å²) in [5, 5.41) is 16.9. The lowest BCUT2D eigenvalue weighted by molar-refractivity contribution is -0.313. The molecule has 1 aromatic carbocycles. The van der Waals surface area contributed by atoms with Gasteiger partial charge in [-0.2, -0.15) is 0 Å². The first-order chi connectivity index (χ1) is 13.8. The molecule has 8 heteroatoms. The summed E-state index contributed by atoms with van der Waals surface area (Å²) in [5.41, 5.74) is 1.29. The average molecular weight is 415 g/mol. The third-order valence-electron chi connectivity index (χ3n) is 5.01. The number of aryl methyl sites for hydroxylation is 1. The highest BCUT2D eigenvalue weighted by Gasteiger charge is 2.31. The zero-order chi connectivity index (χ0) is 21.0. The van der Waals surface area contributed by atoms with Gasteiger partial charge in [0, 0.05) is 29.2 Å². The van der Waals surface area contributed by atoms with Gasteiger partial charge < -0.3 is 20.5 Å². The molecule has 2 N–H and O–H groups in total. The number of halogens is 1. The van der Waals surface area contributed by atoms with Crippen LogP contribution >= 0.6 is 11.6 Å². The number of nitrogens with one attached hydrogen (secondary N) is 2. The molecule has 1 fully saturated rings. The second kappa shape index (κ2) is 9.05. The van der Waals surface area contributed by atoms with Gasteiger partial charge in [-0.3, -0.25) is 9.59 Å². The number of nitrogens with zero attached hydrogens (tertiary/aromatic N) is 1. The van der Waals surface area contributed by atoms with Crippen molar-refractivity contribution in [3.05, 3.63) is 52.7 Å². The molecule has 1 saturated carbocycles. The molecule has 0 radical (unpaired) electrons. The molecule has 1 heterocycles. The van der Waals surface area contributed by atoms with Crippen LogP contribution in [0.5, 0.6) is 0 Å². The van der Waals surface area contributed by atoms with Gasteiger partial charge in [-0.25, -0.2) is 4.98 Å². The number of aromatic nitrogens is 1. The van der Waals surface area contributed by atoms with Crippen LogP contribution in [0.15, 0.2) is 36.4 Å². The van der Waals surface area contributed by atoms with Crippen molar-refractivity contribution in [2.45, 2.75) is 32.6 Å². The Bertz CT molecular complexity index is 947. The normalized spacial score (nSPS) is 18.7. The summed E-state index contributed by atoms with van der Waals surface area (Å²) < 4.78 is 0. The average Bonchev–Trinajstić information content (AvgIpc) is 2.69. The van der Waals surface area contributed by atoms with Gasteiger partial charge in [-0.05, 0) is 50.1 Å². The van der Waals surface area contributed by atoms with Crippen molar-refractivity contribution in [1.82, 2.24) is 4.98 Å². The van der Waals surface area contributed by atoms with E-state index in [0.29, 0.717) is 24.3 Å². The van der Waals surface area contributed by atoms with E-state index in [1.807, 2.05) is 13.0 Å². The second-order valence-electron chi connectivity index (χ2n) is 7.12. The van der Waals surface area contributed by atoms with E-state index < -0.39 is 29.6 Å². The minimum atomic E-state index is -1.20. The van der Waals surface area contributed by atoms with Crippen LogP contribution in [-0.4, -0.2) is 22.8 Å². The molecule has 0 spiro atoms. The molecule has 1 aliphatic rings. The molecule has 7 nitrogen and oxygen atoms in total. The highest BCUT2D eigenvalue weighted by Crippen LogP contribution is 2.31. The van der Waals surface area contributed by atoms with Crippen LogP contribution in [0.25, 0.3) is 0 Å². The van der Waals surface area contributed by atoms with Crippen LogP contribution in [0, 0.1) is 18.8 Å². The first-order valence-electron chi connectivity index (χ1n) is 9.41. The number of carbonyl (C=O) groups is 3. The van der Waals surface area contributed by atoms with E-state index in [-0.39, 0.29) is 10.6 Å². The van der Waals surface area contributed by atoms with E-state index in [4.69, 9.17) is 11.6 Å². The molecule has 152 valence electrons. The fraction of sp³-hybridized carbons (Fsp3) is 0.333. The Morgan fingerprint density at radius 3 is 2.48 bits per heavy atom. The molecule has 1 aliphatic carbocycles. The summed E-state index contributed by atoms with van der Waals surface area (Å²) in [4.78, 5) is 40.8. The van der Waals surface area contributed by atoms with Crippen molar-refractivity contribution >= 4 is 40.9 Å². The Hall–Kier alpha value is -2.93. The predicted octanol–water partition coefficient (Wildman–Crippen LogP) is 2.79. The number of hydrogen-bond acceptors (Lipinski definition) is 5. The molecular formula is C21H21ClN3O4-. The molecule has 3 rings (SSSR count). The van der Waals surface area contributed by atoms with E-state index in [0.717, 1.165) is 18.5 Å². The van der Waals surface area contributed by atoms with Crippen molar-refractivity contribution in [3.8, 4) is 0 Å². The van der Waals surface area contributed by atoms with E-state index in [1.165, 1.54) is 12.1 Å². The van der Waals surface area contributed by atoms with Crippen molar-refractivity contribution in [1.29, 1.82) is 0 Å². The highest BCUT2D eigenvalue weighted by molar-refractivity contribution is 6.34. The van der Waals surface area contributed by atoms with Crippen molar-refractivity contribution in [2.24, 2.45) is 11.8 Å². The highest BCUT2D eigenvalue weighted by atomic mass is 35.5. The van der Waals surface area contributed by atoms with Gasteiger partial charge >= 0.3 is 0 Å². The van der Waals surface area contributed by atoms with Crippen molar-refractivity contribution in [3.63, 3.8) is 0 Å². The fourth-order valence-electron chi connectivity index (χ4n) is 3.54. The Kier molecular flexibility index (Phi) is 6.49. The Morgan fingerprint density at radius 2 is 1.79 bits per heavy atom. The third kappa shape index (κ3) is 5.12. The molecule has 29 heavy (non-hydrogen) atoms. The summed E-state index contributed by atoms with van der Waals surface area (Å²) in [5.74, 6) is -3.13. The molecule has 2 atom stereocenters. The van der Waals surface area contributed by atoms with Crippen LogP contribution in [0.4, 0.5) is 11.5 Å². The third-order valence-corrected chi connectivity index (χ3v) is 5.34. The van der Waals surface area contributed by atoms with Gasteiger partial charge in [0.15, 0.2) is 0 Å². The number of aliphatic carboxylic acids is 1. The number of pyridine rings is 1. The number of anilines is 2. The van der Waals surface area contributed by atoms with Gasteiger partial charge in [-0.1, -0.05) is 30.5 Å². The molecule has 0 aliphatic heterocycles. The Labute approximate surface area is 173 Å². The number of carboxylic acids is 1. The Morgan fingerprint density at radius 1 is 1.07 bits per heavy atom. The maximum atomic E-state index is 12.6. The molecule has 2 amide bonds. The summed E-state index contributed by atoms with van der Waals surface area (Å²) in [6.45, 7) is 1.81. The van der Waals surface area contributed by atoms with Gasteiger partial charge in [0.2, 0.25) is 5.91 Å². The number of carboxylic acid groups (broad SMARTS) is 1. The lowest BCUT2D eigenvalue weighted by Gasteiger charge is -2.31. The van der Waals surface area contributed by atoms with E-state index in [9.17, 15) is 19.5 Å². The van der Waals surface area contributed by atoms with Crippen molar-refractivity contribution < 1.29 is 19.5 Å². The molecule has 0 unspecified atom stereocenters. The number of rotatable bonds is 5. The zero-order valence-corrected chi connectivity index (χ0v) is 16.7. The zero-order valence-electron chi connectivity index (χ0n) is 15.9. The topological polar surface area (TPSA) is 111 Å². The van der Waals surface area contributed by atoms with Crippen LogP contribution < -0.4 is 15.7 Å². The number of carbonyl (C=O) groups excluding carboxylic acids is 3. The molecular weight excluding hydrogens is 394 g/mol. The minimum Gasteiger partial charge on any atom is -0.550 e. The van der Waals surface area contributed by atoms with E-state index in [2.05, 4.69) is 15.6 Å². The molecule has 0 saturated heterocycles. The van der Waals surface area contributed by atoms with Gasteiger partial charge in [-0.15, -0.1) is 0 Å². The van der Waals surface area contributed by atoms with Crippen LogP contribution in [-0.2, 0) is 9.59 Å². The lowest BCUT2D eigenvalue weighted by atomic mass is 9.78. The van der Waals surface area contributed by atoms with Crippen molar-refractivity contribution in [2.75, 3.05) is 10.6 Å². The predicted molar refractivity (Wildman–Crippen MR) is 107 cm³/mol. The smallest absolute Gasteiger partial charge is 0.258 e. The summed E-state index contributed by atoms with van der Waals surface area (Å²) in [7, 11) is 0. The summed E-state index contributed by atoms with van der Waals surface area (Å²) in [6.07, 6.45) is 2.48. The first kappa shape index (κ1) is 20.8. The number of benzene rings is 1. The quantitative estimate of drug-likeness (QED) is 0.781. The first-order valence-corrected chi connectivity index (χ1v) is 9.79. The number of amides is 2. The Balaban J connectivity index is 1.75. The summed E-state index contributed by atoms with van der Waals surface area (Å²) >= 11 is 6.16. The minimum absolute atomic E-state index is 0.174. The SMILES string of the molecule is Cc1cccc(NC(=O)c2cc(NC(=O)[C@H]3CCCC[C@@H]3C(=O)[O-])ccc2Cl)n1. The van der Waals surface area contributed by atoms with E-state index in [1.54, 1.807) is 18.2 Å². The van der Waals surface area contributed by atoms with Gasteiger partial charge in [0.05, 0.1) is 10.6 Å². The van der Waals surface area contributed by atoms with Crippen LogP contribution in [0.2, 0.25) is 5.02 Å². The fourth-order valence-corrected chi connectivity index (χ4v) is 3.74.